The average molecular weight is 522 g/mol. The number of carboxylic acids is 1. The fourth-order valence-corrected chi connectivity index (χ4v) is 4.66. The van der Waals surface area contributed by atoms with E-state index < -0.39 is 28.0 Å². The molecule has 2 aromatic carbocycles. The molecule has 0 saturated carbocycles. The molecule has 3 aromatic rings. The molecular weight excluding hydrogens is 509 g/mol. The molecule has 0 aliphatic carbocycles. The lowest BCUT2D eigenvalue weighted by Crippen LogP contribution is -2.21. The first kappa shape index (κ1) is 25.4. The SMILES string of the molecule is COc1cc(C(=O)O)ccc1NS(=O)(=O)c1csc(C#Cc2ccc(C#N)c(NC(F)(F)F)c2)n1. The number of nitrogens with zero attached hydrogens (tertiary/aromatic N) is 2. The second-order valence-electron chi connectivity index (χ2n) is 6.56. The fourth-order valence-electron chi connectivity index (χ4n) is 2.65. The smallest absolute Gasteiger partial charge is 0.482 e. The number of nitrogens with one attached hydrogen (secondary N) is 2. The second kappa shape index (κ2) is 9.92. The summed E-state index contributed by atoms with van der Waals surface area (Å²) in [7, 11) is -2.95. The monoisotopic (exact) mass is 522 g/mol. The highest BCUT2D eigenvalue weighted by Crippen LogP contribution is 2.28. The van der Waals surface area contributed by atoms with E-state index in [1.54, 1.807) is 6.07 Å². The third-order valence-corrected chi connectivity index (χ3v) is 6.34. The summed E-state index contributed by atoms with van der Waals surface area (Å²) in [5.74, 6) is 3.91. The highest BCUT2D eigenvalue weighted by Gasteiger charge is 2.28. The Hall–Kier alpha value is -4.27. The average Bonchev–Trinajstić information content (AvgIpc) is 3.27. The van der Waals surface area contributed by atoms with Gasteiger partial charge in [-0.1, -0.05) is 5.92 Å². The van der Waals surface area contributed by atoms with Gasteiger partial charge in [0.25, 0.3) is 10.0 Å². The van der Waals surface area contributed by atoms with Crippen molar-refractivity contribution in [1.29, 1.82) is 5.26 Å². The third kappa shape index (κ3) is 6.41. The van der Waals surface area contributed by atoms with Crippen LogP contribution in [0, 0.1) is 23.2 Å². The number of ether oxygens (including phenoxy) is 1. The van der Waals surface area contributed by atoms with Gasteiger partial charge in [0.2, 0.25) is 0 Å². The summed E-state index contributed by atoms with van der Waals surface area (Å²) in [4.78, 5) is 15.0. The largest absolute Gasteiger partial charge is 0.495 e. The number of sulfonamides is 1. The number of rotatable bonds is 6. The van der Waals surface area contributed by atoms with Crippen molar-refractivity contribution in [3.05, 3.63) is 63.5 Å². The number of benzene rings is 2. The van der Waals surface area contributed by atoms with Gasteiger partial charge in [-0.3, -0.25) is 10.0 Å². The Morgan fingerprint density at radius 3 is 2.54 bits per heavy atom. The zero-order chi connectivity index (χ0) is 25.8. The standard InChI is InChI=1S/C21H13F3N4O5S2/c1-33-17-9-13(20(29)30)5-6-15(17)28-35(31,32)19-11-34-18(26-19)7-3-12-2-4-14(10-25)16(8-12)27-21(22,23)24/h2,4-6,8-9,11,27-28H,1H3,(H,29,30). The Morgan fingerprint density at radius 2 is 1.91 bits per heavy atom. The quantitative estimate of drug-likeness (QED) is 0.327. The van der Waals surface area contributed by atoms with Gasteiger partial charge in [0, 0.05) is 10.9 Å². The highest BCUT2D eigenvalue weighted by atomic mass is 32.2. The van der Waals surface area contributed by atoms with E-state index in [9.17, 15) is 26.4 Å². The van der Waals surface area contributed by atoms with E-state index in [0.717, 1.165) is 23.5 Å². The topological polar surface area (TPSA) is 141 Å². The molecule has 3 N–H and O–H groups in total. The van der Waals surface area contributed by atoms with Crippen molar-refractivity contribution < 1.29 is 36.2 Å². The predicted molar refractivity (Wildman–Crippen MR) is 120 cm³/mol. The van der Waals surface area contributed by atoms with Crippen LogP contribution >= 0.6 is 11.3 Å². The van der Waals surface area contributed by atoms with Crippen molar-refractivity contribution in [3.8, 4) is 23.7 Å². The summed E-state index contributed by atoms with van der Waals surface area (Å²) in [6.45, 7) is 0. The fraction of sp³-hybridized carbons (Fsp3) is 0.0952. The van der Waals surface area contributed by atoms with Gasteiger partial charge in [0.05, 0.1) is 29.6 Å². The number of carboxylic acid groups (broad SMARTS) is 1. The first-order valence-electron chi connectivity index (χ1n) is 9.22. The normalized spacial score (nSPS) is 11.1. The first-order chi connectivity index (χ1) is 16.4. The van der Waals surface area contributed by atoms with Crippen LogP contribution in [0.15, 0.2) is 46.8 Å². The van der Waals surface area contributed by atoms with Gasteiger partial charge in [0.15, 0.2) is 10.0 Å². The maximum atomic E-state index is 12.7. The molecule has 14 heteroatoms. The minimum absolute atomic E-state index is 0.0135. The molecule has 180 valence electrons. The number of methoxy groups -OCH3 is 1. The van der Waals surface area contributed by atoms with Gasteiger partial charge in [-0.05, 0) is 42.3 Å². The zero-order valence-electron chi connectivity index (χ0n) is 17.5. The van der Waals surface area contributed by atoms with Gasteiger partial charge in [-0.25, -0.2) is 9.78 Å². The molecule has 1 heterocycles. The molecule has 0 fully saturated rings. The van der Waals surface area contributed by atoms with E-state index in [1.807, 2.05) is 0 Å². The van der Waals surface area contributed by atoms with Crippen LogP contribution < -0.4 is 14.8 Å². The van der Waals surface area contributed by atoms with E-state index in [2.05, 4.69) is 21.5 Å². The Kier molecular flexibility index (Phi) is 7.19. The number of carbonyl (C=O) groups is 1. The van der Waals surface area contributed by atoms with E-state index in [1.165, 1.54) is 42.1 Å². The molecule has 0 bridgehead atoms. The number of hydrogen-bond acceptors (Lipinski definition) is 8. The molecule has 0 aliphatic rings. The lowest BCUT2D eigenvalue weighted by atomic mass is 10.1. The van der Waals surface area contributed by atoms with Crippen LogP contribution in [0.2, 0.25) is 0 Å². The summed E-state index contributed by atoms with van der Waals surface area (Å²) in [6.07, 6.45) is -4.75. The minimum atomic E-state index is -4.75. The summed E-state index contributed by atoms with van der Waals surface area (Å²) in [6, 6.07) is 8.76. The maximum Gasteiger partial charge on any atom is 0.482 e. The lowest BCUT2D eigenvalue weighted by Gasteiger charge is -2.11. The highest BCUT2D eigenvalue weighted by molar-refractivity contribution is 7.92. The molecule has 0 spiro atoms. The van der Waals surface area contributed by atoms with Crippen molar-refractivity contribution in [2.24, 2.45) is 0 Å². The zero-order valence-corrected chi connectivity index (χ0v) is 19.1. The van der Waals surface area contributed by atoms with Gasteiger partial charge in [0.1, 0.15) is 11.8 Å². The number of alkyl halides is 3. The van der Waals surface area contributed by atoms with Crippen molar-refractivity contribution in [2.45, 2.75) is 11.3 Å². The molecule has 0 amide bonds. The molecule has 35 heavy (non-hydrogen) atoms. The first-order valence-corrected chi connectivity index (χ1v) is 11.6. The molecule has 0 aliphatic heterocycles. The van der Waals surface area contributed by atoms with Gasteiger partial charge in [-0.2, -0.15) is 26.9 Å². The number of anilines is 2. The van der Waals surface area contributed by atoms with Crippen LogP contribution in [0.25, 0.3) is 0 Å². The molecule has 3 rings (SSSR count). The van der Waals surface area contributed by atoms with E-state index >= 15 is 0 Å². The van der Waals surface area contributed by atoms with Crippen molar-refractivity contribution in [3.63, 3.8) is 0 Å². The summed E-state index contributed by atoms with van der Waals surface area (Å²) in [5.41, 5.74) is -0.681. The van der Waals surface area contributed by atoms with Crippen LogP contribution in [-0.4, -0.2) is 37.9 Å². The third-order valence-electron chi connectivity index (χ3n) is 4.18. The number of aromatic nitrogens is 1. The Bertz CT molecular complexity index is 1500. The van der Waals surface area contributed by atoms with Crippen LogP contribution in [0.5, 0.6) is 5.75 Å². The molecule has 0 radical (unpaired) electrons. The van der Waals surface area contributed by atoms with E-state index in [4.69, 9.17) is 15.1 Å². The number of halogens is 3. The molecule has 1 aromatic heterocycles. The van der Waals surface area contributed by atoms with Crippen LogP contribution in [0.3, 0.4) is 0 Å². The van der Waals surface area contributed by atoms with Gasteiger partial charge < -0.3 is 9.84 Å². The molecule has 0 atom stereocenters. The Labute approximate surface area is 200 Å². The number of hydrogen-bond donors (Lipinski definition) is 3. The Morgan fingerprint density at radius 1 is 1.17 bits per heavy atom. The summed E-state index contributed by atoms with van der Waals surface area (Å²) in [5, 5.41) is 20.2. The summed E-state index contributed by atoms with van der Waals surface area (Å²) < 4.78 is 70.6. The predicted octanol–water partition coefficient (Wildman–Crippen LogP) is 3.85. The van der Waals surface area contributed by atoms with Crippen LogP contribution in [0.4, 0.5) is 24.5 Å². The van der Waals surface area contributed by atoms with Crippen molar-refractivity contribution in [1.82, 2.24) is 4.98 Å². The Balaban J connectivity index is 1.84. The van der Waals surface area contributed by atoms with Crippen molar-refractivity contribution >= 4 is 38.7 Å². The number of aromatic carboxylic acids is 1. The lowest BCUT2D eigenvalue weighted by molar-refractivity contribution is -0.0999. The molecule has 9 nitrogen and oxygen atoms in total. The molecule has 0 unspecified atom stereocenters. The molecule has 0 saturated heterocycles. The number of nitriles is 1. The van der Waals surface area contributed by atoms with Gasteiger partial charge in [-0.15, -0.1) is 11.3 Å². The second-order valence-corrected chi connectivity index (χ2v) is 9.05. The van der Waals surface area contributed by atoms with Crippen LogP contribution in [0.1, 0.15) is 26.5 Å². The van der Waals surface area contributed by atoms with E-state index in [0.29, 0.717) is 0 Å². The van der Waals surface area contributed by atoms with E-state index in [-0.39, 0.29) is 38.2 Å². The number of thiazole rings is 1. The summed E-state index contributed by atoms with van der Waals surface area (Å²) >= 11 is 0.884. The molecular formula is C21H13F3N4O5S2. The van der Waals surface area contributed by atoms with Gasteiger partial charge >= 0.3 is 12.3 Å². The van der Waals surface area contributed by atoms with Crippen molar-refractivity contribution in [2.75, 3.05) is 17.1 Å². The maximum absolute atomic E-state index is 12.7. The minimum Gasteiger partial charge on any atom is -0.495 e. The van der Waals surface area contributed by atoms with Crippen LogP contribution in [-0.2, 0) is 10.0 Å².